The van der Waals surface area contributed by atoms with Crippen LogP contribution in [0.25, 0.3) is 0 Å². The fraction of sp³-hybridized carbons (Fsp3) is 0.808. The lowest BCUT2D eigenvalue weighted by Crippen LogP contribution is -2.59. The molecule has 0 heterocycles. The minimum Gasteiger partial charge on any atom is -0.458 e. The van der Waals surface area contributed by atoms with Crippen LogP contribution in [0.2, 0.25) is 0 Å². The number of rotatable bonds is 3. The number of allylic oxidation sites excluding steroid dienone is 1. The lowest BCUT2D eigenvalue weighted by atomic mass is 9.44. The Bertz CT molecular complexity index is 765. The second-order valence-electron chi connectivity index (χ2n) is 11.1. The van der Waals surface area contributed by atoms with Gasteiger partial charge >= 0.3 is 5.97 Å². The summed E-state index contributed by atoms with van der Waals surface area (Å²) in [5, 5.41) is 11.5. The molecule has 4 nitrogen and oxygen atoms in total. The largest absolute Gasteiger partial charge is 0.458 e. The molecule has 0 aromatic carbocycles. The number of esters is 1. The Morgan fingerprint density at radius 2 is 1.97 bits per heavy atom. The average Bonchev–Trinajstić information content (AvgIpc) is 2.99. The monoisotopic (exact) mass is 414 g/mol. The van der Waals surface area contributed by atoms with E-state index in [2.05, 4.69) is 38.7 Å². The molecule has 0 aromatic rings. The molecule has 0 aliphatic heterocycles. The van der Waals surface area contributed by atoms with Crippen molar-refractivity contribution in [3.8, 4) is 0 Å². The predicted molar refractivity (Wildman–Crippen MR) is 115 cm³/mol. The van der Waals surface area contributed by atoms with Crippen LogP contribution in [0.5, 0.6) is 0 Å². The van der Waals surface area contributed by atoms with Crippen molar-refractivity contribution >= 4 is 11.8 Å². The highest BCUT2D eigenvalue weighted by Gasteiger charge is 2.64. The molecule has 0 radical (unpaired) electrons. The van der Waals surface area contributed by atoms with Gasteiger partial charge in [-0.25, -0.2) is 0 Å². The van der Waals surface area contributed by atoms with E-state index in [1.54, 1.807) is 0 Å². The molecule has 4 heteroatoms. The van der Waals surface area contributed by atoms with E-state index in [1.807, 2.05) is 0 Å². The number of hydrogen-bond donors (Lipinski definition) is 1. The van der Waals surface area contributed by atoms with Crippen LogP contribution in [-0.4, -0.2) is 29.6 Å². The maximum atomic E-state index is 12.9. The van der Waals surface area contributed by atoms with E-state index in [4.69, 9.17) is 4.74 Å². The van der Waals surface area contributed by atoms with Gasteiger partial charge in [-0.3, -0.25) is 9.59 Å². The highest BCUT2D eigenvalue weighted by Crippen LogP contribution is 2.67. The Balaban J connectivity index is 1.65. The maximum Gasteiger partial charge on any atom is 0.303 e. The topological polar surface area (TPSA) is 63.6 Å². The van der Waals surface area contributed by atoms with Gasteiger partial charge in [-0.1, -0.05) is 20.8 Å². The van der Waals surface area contributed by atoms with Gasteiger partial charge in [-0.05, 0) is 92.1 Å². The molecule has 3 saturated carbocycles. The Morgan fingerprint density at radius 3 is 2.70 bits per heavy atom. The van der Waals surface area contributed by atoms with E-state index >= 15 is 0 Å². The Hall–Kier alpha value is -1.38. The number of Topliss-reactive ketones (excluding diaryl/α,β-unsaturated/α-hetero) is 1. The molecule has 0 saturated heterocycles. The quantitative estimate of drug-likeness (QED) is 0.537. The highest BCUT2D eigenvalue weighted by atomic mass is 16.5. The smallest absolute Gasteiger partial charge is 0.303 e. The molecule has 6 unspecified atom stereocenters. The zero-order valence-corrected chi connectivity index (χ0v) is 19.0. The Labute approximate surface area is 181 Å². The summed E-state index contributed by atoms with van der Waals surface area (Å²) in [5.41, 5.74) is 3.21. The van der Waals surface area contributed by atoms with Crippen molar-refractivity contribution in [1.29, 1.82) is 0 Å². The number of carbonyl (C=O) groups is 2. The van der Waals surface area contributed by atoms with Crippen molar-refractivity contribution in [3.05, 3.63) is 17.9 Å². The number of fused-ring (bicyclic) bond motifs is 5. The first kappa shape index (κ1) is 21.8. The lowest BCUT2D eigenvalue weighted by molar-refractivity contribution is -0.165. The van der Waals surface area contributed by atoms with Crippen molar-refractivity contribution < 1.29 is 19.4 Å². The highest BCUT2D eigenvalue weighted by molar-refractivity contribution is 5.85. The summed E-state index contributed by atoms with van der Waals surface area (Å²) in [6.45, 7) is 8.19. The molecule has 166 valence electrons. The third-order valence-electron chi connectivity index (χ3n) is 9.48. The van der Waals surface area contributed by atoms with Gasteiger partial charge in [0.05, 0.1) is 6.10 Å². The Morgan fingerprint density at radius 1 is 1.20 bits per heavy atom. The number of aliphatic hydroxyl groups is 1. The van der Waals surface area contributed by atoms with Crippen LogP contribution < -0.4 is 0 Å². The molecule has 0 amide bonds. The van der Waals surface area contributed by atoms with Gasteiger partial charge in [0, 0.05) is 18.3 Å². The van der Waals surface area contributed by atoms with Gasteiger partial charge in [-0.15, -0.1) is 5.73 Å². The van der Waals surface area contributed by atoms with E-state index < -0.39 is 12.1 Å². The second kappa shape index (κ2) is 7.95. The minimum atomic E-state index is -0.407. The second-order valence-corrected chi connectivity index (χ2v) is 11.1. The van der Waals surface area contributed by atoms with E-state index in [-0.39, 0.29) is 35.1 Å². The van der Waals surface area contributed by atoms with Crippen molar-refractivity contribution in [3.63, 3.8) is 0 Å². The van der Waals surface area contributed by atoms with Gasteiger partial charge in [0.25, 0.3) is 0 Å². The Kier molecular flexibility index (Phi) is 5.79. The summed E-state index contributed by atoms with van der Waals surface area (Å²) in [4.78, 5) is 24.1. The first-order chi connectivity index (χ1) is 14.2. The van der Waals surface area contributed by atoms with Crippen LogP contribution in [0.1, 0.15) is 72.6 Å². The molecule has 0 aromatic heterocycles. The zero-order valence-electron chi connectivity index (χ0n) is 19.0. The standard InChI is InChI=1S/C26H38O4/c1-16-13-18-20-10-11-21(23(29)15-30-17(2)27)26(20,4)14-22(28)24(18)25(3)12-8-6-5-7-9-19(16)25/h6,12,16,18-22,24,28H,5,7,9-11,13-15H2,1-4H3/t8?,16-,18?,19?,20-,21?,22?,24+,25?,26?/m0/s1. The van der Waals surface area contributed by atoms with E-state index in [0.717, 1.165) is 25.7 Å². The number of carbonyl (C=O) groups excluding carboxylic acids is 2. The first-order valence-electron chi connectivity index (χ1n) is 11.9. The first-order valence-corrected chi connectivity index (χ1v) is 11.9. The van der Waals surface area contributed by atoms with Crippen molar-refractivity contribution in [2.75, 3.05) is 6.61 Å². The summed E-state index contributed by atoms with van der Waals surface area (Å²) in [6.07, 6.45) is 11.3. The number of ether oxygens (including phenoxy) is 1. The summed E-state index contributed by atoms with van der Waals surface area (Å²) in [7, 11) is 0. The lowest BCUT2D eigenvalue weighted by Gasteiger charge is -2.61. The molecular weight excluding hydrogens is 376 g/mol. The molecule has 1 N–H and O–H groups in total. The zero-order chi connectivity index (χ0) is 21.7. The fourth-order valence-corrected chi connectivity index (χ4v) is 8.38. The third-order valence-corrected chi connectivity index (χ3v) is 9.48. The van der Waals surface area contributed by atoms with Crippen LogP contribution in [0, 0.1) is 46.3 Å². The fourth-order valence-electron chi connectivity index (χ4n) is 8.38. The molecule has 0 bridgehead atoms. The van der Waals surface area contributed by atoms with Gasteiger partial charge in [0.15, 0.2) is 5.78 Å². The van der Waals surface area contributed by atoms with Crippen LogP contribution in [0.3, 0.4) is 0 Å². The van der Waals surface area contributed by atoms with Crippen LogP contribution >= 0.6 is 0 Å². The molecule has 30 heavy (non-hydrogen) atoms. The molecular formula is C26H38O4. The molecule has 3 fully saturated rings. The average molecular weight is 415 g/mol. The molecule has 0 spiro atoms. The van der Waals surface area contributed by atoms with Crippen LogP contribution in [-0.2, 0) is 14.3 Å². The molecule has 4 rings (SSSR count). The van der Waals surface area contributed by atoms with E-state index in [9.17, 15) is 14.7 Å². The minimum absolute atomic E-state index is 0.0302. The summed E-state index contributed by atoms with van der Waals surface area (Å²) in [6, 6.07) is 0. The van der Waals surface area contributed by atoms with Crippen molar-refractivity contribution in [2.45, 2.75) is 78.7 Å². The van der Waals surface area contributed by atoms with Crippen LogP contribution in [0.4, 0.5) is 0 Å². The van der Waals surface area contributed by atoms with Crippen molar-refractivity contribution in [1.82, 2.24) is 0 Å². The predicted octanol–water partition coefficient (Wildman–Crippen LogP) is 4.71. The van der Waals surface area contributed by atoms with Crippen LogP contribution in [0.15, 0.2) is 17.9 Å². The normalized spacial score (nSPS) is 47.4. The molecule has 9 atom stereocenters. The van der Waals surface area contributed by atoms with Gasteiger partial charge in [0.2, 0.25) is 0 Å². The maximum absolute atomic E-state index is 12.9. The summed E-state index contributed by atoms with van der Waals surface area (Å²) < 4.78 is 5.04. The third kappa shape index (κ3) is 3.41. The number of aliphatic hydroxyl groups excluding tert-OH is 1. The van der Waals surface area contributed by atoms with E-state index in [0.29, 0.717) is 30.1 Å². The van der Waals surface area contributed by atoms with Crippen molar-refractivity contribution in [2.24, 2.45) is 46.3 Å². The molecule has 4 aliphatic rings. The van der Waals surface area contributed by atoms with Gasteiger partial charge in [0.1, 0.15) is 6.61 Å². The SMILES string of the molecule is CC(=O)OCC(=O)C1CC[C@H]2C3C[C@H](C)C4CCCC=C=CC4(C)[C@H]3C(O)CC12C. The molecule has 4 aliphatic carbocycles. The number of hydrogen-bond acceptors (Lipinski definition) is 4. The summed E-state index contributed by atoms with van der Waals surface area (Å²) >= 11 is 0. The number of ketones is 1. The van der Waals surface area contributed by atoms with Gasteiger partial charge in [-0.2, -0.15) is 0 Å². The van der Waals surface area contributed by atoms with E-state index in [1.165, 1.54) is 19.8 Å². The van der Waals surface area contributed by atoms with Gasteiger partial charge < -0.3 is 9.84 Å². The summed E-state index contributed by atoms with van der Waals surface area (Å²) in [5.74, 6) is 1.81.